The third kappa shape index (κ3) is 5.23. The van der Waals surface area contributed by atoms with Crippen LogP contribution in [-0.2, 0) is 33.4 Å². The molecule has 0 spiro atoms. The fourth-order valence-electron chi connectivity index (χ4n) is 4.35. The summed E-state index contributed by atoms with van der Waals surface area (Å²) in [5, 5.41) is 19.3. The molecule has 0 fully saturated rings. The SMILES string of the molecule is Cc1ccc(S(=O)(=O)c2c[nH]c3ccc(-c4c(C[C@H](N)C(=O)O)cc(C(F)(F)F)c(O)c4C(F)(F)F)cc23)cc1. The molecule has 40 heavy (non-hydrogen) atoms. The minimum absolute atomic E-state index is 0.0842. The molecule has 212 valence electrons. The van der Waals surface area contributed by atoms with Gasteiger partial charge in [0.1, 0.15) is 17.4 Å². The van der Waals surface area contributed by atoms with Crippen molar-refractivity contribution in [3.05, 3.63) is 77.0 Å². The summed E-state index contributed by atoms with van der Waals surface area (Å²) in [6.45, 7) is 1.74. The number of phenolic OH excluding ortho intramolecular Hbond substituents is 1. The first-order valence-corrected chi connectivity index (χ1v) is 12.9. The van der Waals surface area contributed by atoms with Crippen LogP contribution in [0.5, 0.6) is 5.75 Å². The molecule has 0 aliphatic rings. The summed E-state index contributed by atoms with van der Waals surface area (Å²) in [7, 11) is -4.20. The van der Waals surface area contributed by atoms with Crippen molar-refractivity contribution >= 4 is 26.7 Å². The summed E-state index contributed by atoms with van der Waals surface area (Å²) in [5.74, 6) is -3.79. The molecule has 0 saturated heterocycles. The number of aliphatic carboxylic acids is 1. The van der Waals surface area contributed by atoms with Crippen molar-refractivity contribution in [2.75, 3.05) is 0 Å². The van der Waals surface area contributed by atoms with E-state index in [1.807, 2.05) is 0 Å². The number of aromatic amines is 1. The Kier molecular flexibility index (Phi) is 7.13. The maximum atomic E-state index is 14.2. The second-order valence-corrected chi connectivity index (χ2v) is 11.0. The first-order chi connectivity index (χ1) is 18.4. The molecule has 5 N–H and O–H groups in total. The van der Waals surface area contributed by atoms with E-state index in [0.29, 0.717) is 0 Å². The Bertz CT molecular complexity index is 1730. The number of hydrogen-bond acceptors (Lipinski definition) is 5. The van der Waals surface area contributed by atoms with Crippen molar-refractivity contribution in [1.82, 2.24) is 4.98 Å². The van der Waals surface area contributed by atoms with E-state index in [9.17, 15) is 49.8 Å². The fraction of sp³-hybridized carbons (Fsp3) is 0.192. The summed E-state index contributed by atoms with van der Waals surface area (Å²) < 4.78 is 110. The lowest BCUT2D eigenvalue weighted by Crippen LogP contribution is -2.32. The molecular weight excluding hydrogens is 566 g/mol. The number of alkyl halides is 6. The number of fused-ring (bicyclic) bond motifs is 1. The number of halogens is 6. The molecule has 4 aromatic rings. The molecule has 4 rings (SSSR count). The molecule has 1 heterocycles. The zero-order valence-corrected chi connectivity index (χ0v) is 21.2. The number of rotatable bonds is 6. The van der Waals surface area contributed by atoms with Crippen molar-refractivity contribution in [3.63, 3.8) is 0 Å². The molecule has 7 nitrogen and oxygen atoms in total. The number of carboxylic acids is 1. The molecule has 0 aliphatic carbocycles. The Hall–Kier alpha value is -4.04. The van der Waals surface area contributed by atoms with Gasteiger partial charge in [-0.25, -0.2) is 8.42 Å². The lowest BCUT2D eigenvalue weighted by molar-refractivity contribution is -0.145. The fourth-order valence-corrected chi connectivity index (χ4v) is 5.77. The number of hydrogen-bond donors (Lipinski definition) is 4. The van der Waals surface area contributed by atoms with E-state index in [4.69, 9.17) is 5.73 Å². The van der Waals surface area contributed by atoms with Gasteiger partial charge in [-0.2, -0.15) is 26.3 Å². The van der Waals surface area contributed by atoms with Crippen LogP contribution in [0, 0.1) is 6.92 Å². The number of carboxylic acid groups (broad SMARTS) is 1. The summed E-state index contributed by atoms with van der Waals surface area (Å²) in [4.78, 5) is 13.6. The maximum Gasteiger partial charge on any atom is 0.420 e. The van der Waals surface area contributed by atoms with Crippen molar-refractivity contribution in [3.8, 4) is 16.9 Å². The largest absolute Gasteiger partial charge is 0.507 e. The summed E-state index contributed by atoms with van der Waals surface area (Å²) in [6.07, 6.45) is -10.8. The predicted molar refractivity (Wildman–Crippen MR) is 131 cm³/mol. The summed E-state index contributed by atoms with van der Waals surface area (Å²) >= 11 is 0. The number of aryl methyl sites for hydroxylation is 1. The Morgan fingerprint density at radius 3 is 2.17 bits per heavy atom. The Morgan fingerprint density at radius 1 is 1.00 bits per heavy atom. The van der Waals surface area contributed by atoms with Crippen molar-refractivity contribution in [2.24, 2.45) is 5.73 Å². The molecule has 1 aromatic heterocycles. The van der Waals surface area contributed by atoms with Gasteiger partial charge in [-0.3, -0.25) is 4.79 Å². The van der Waals surface area contributed by atoms with Crippen molar-refractivity contribution in [1.29, 1.82) is 0 Å². The topological polar surface area (TPSA) is 133 Å². The average Bonchev–Trinajstić information content (AvgIpc) is 3.27. The first-order valence-electron chi connectivity index (χ1n) is 11.4. The summed E-state index contributed by atoms with van der Waals surface area (Å²) in [6, 6.07) is 7.41. The lowest BCUT2D eigenvalue weighted by atomic mass is 9.87. The van der Waals surface area contributed by atoms with E-state index < -0.39 is 74.2 Å². The van der Waals surface area contributed by atoms with Gasteiger partial charge in [-0.15, -0.1) is 0 Å². The molecular formula is C26H20F6N2O5S. The monoisotopic (exact) mass is 586 g/mol. The smallest absolute Gasteiger partial charge is 0.420 e. The first kappa shape index (κ1) is 29.0. The second-order valence-electron chi connectivity index (χ2n) is 9.06. The molecule has 0 radical (unpaired) electrons. The van der Waals surface area contributed by atoms with Crippen LogP contribution in [0.15, 0.2) is 64.5 Å². The van der Waals surface area contributed by atoms with Crippen LogP contribution in [0.3, 0.4) is 0 Å². The van der Waals surface area contributed by atoms with E-state index in [1.54, 1.807) is 19.1 Å². The maximum absolute atomic E-state index is 14.2. The number of sulfone groups is 1. The molecule has 0 saturated carbocycles. The third-order valence-corrected chi connectivity index (χ3v) is 8.09. The minimum Gasteiger partial charge on any atom is -0.507 e. The standard InChI is InChI=1S/C26H20F6N2O5S/c1-12-2-5-15(6-3-12)40(38,39)20-11-34-19-7-4-13(8-16(19)20)21-14(10-18(33)24(36)37)9-17(25(27,28)29)23(35)22(21)26(30,31)32/h2-9,11,18,34-35H,10,33H2,1H3,(H,36,37)/t18-/m0/s1. The van der Waals surface area contributed by atoms with E-state index in [-0.39, 0.29) is 26.8 Å². The molecule has 0 amide bonds. The number of phenols is 1. The van der Waals surface area contributed by atoms with Crippen molar-refractivity contribution in [2.45, 2.75) is 41.5 Å². The summed E-state index contributed by atoms with van der Waals surface area (Å²) in [5.41, 5.74) is 0.199. The zero-order chi connectivity index (χ0) is 29.8. The zero-order valence-electron chi connectivity index (χ0n) is 20.4. The molecule has 0 bridgehead atoms. The van der Waals surface area contributed by atoms with Gasteiger partial charge in [0.2, 0.25) is 9.84 Å². The van der Waals surface area contributed by atoms with Crippen LogP contribution in [-0.4, -0.2) is 35.6 Å². The van der Waals surface area contributed by atoms with Gasteiger partial charge >= 0.3 is 18.3 Å². The number of benzene rings is 3. The number of nitrogens with one attached hydrogen (secondary N) is 1. The molecule has 3 aromatic carbocycles. The second kappa shape index (κ2) is 9.86. The third-order valence-electron chi connectivity index (χ3n) is 6.28. The number of aromatic nitrogens is 1. The van der Waals surface area contributed by atoms with E-state index in [1.165, 1.54) is 18.2 Å². The highest BCUT2D eigenvalue weighted by Crippen LogP contribution is 2.50. The molecule has 1 atom stereocenters. The van der Waals surface area contributed by atoms with Gasteiger partial charge < -0.3 is 20.9 Å². The quantitative estimate of drug-likeness (QED) is 0.215. The number of carbonyl (C=O) groups is 1. The van der Waals surface area contributed by atoms with Gasteiger partial charge in [-0.1, -0.05) is 23.8 Å². The highest BCUT2D eigenvalue weighted by atomic mass is 32.2. The number of aromatic hydroxyl groups is 1. The van der Waals surface area contributed by atoms with Gasteiger partial charge in [-0.05, 0) is 54.8 Å². The molecule has 0 unspecified atom stereocenters. The highest BCUT2D eigenvalue weighted by molar-refractivity contribution is 7.91. The Morgan fingerprint density at radius 2 is 1.62 bits per heavy atom. The van der Waals surface area contributed by atoms with Gasteiger partial charge in [0, 0.05) is 22.7 Å². The number of H-pyrrole nitrogens is 1. The van der Waals surface area contributed by atoms with Gasteiger partial charge in [0.05, 0.1) is 15.4 Å². The molecule has 0 aliphatic heterocycles. The average molecular weight is 587 g/mol. The predicted octanol–water partition coefficient (Wildman–Crippen LogP) is 5.67. The lowest BCUT2D eigenvalue weighted by Gasteiger charge is -2.23. The van der Waals surface area contributed by atoms with Crippen LogP contribution < -0.4 is 5.73 Å². The van der Waals surface area contributed by atoms with E-state index in [0.717, 1.165) is 23.9 Å². The normalized spacial score (nSPS) is 13.5. The minimum atomic E-state index is -5.54. The van der Waals surface area contributed by atoms with Crippen LogP contribution in [0.4, 0.5) is 26.3 Å². The van der Waals surface area contributed by atoms with Crippen LogP contribution in [0.25, 0.3) is 22.0 Å². The van der Waals surface area contributed by atoms with E-state index >= 15 is 0 Å². The highest BCUT2D eigenvalue weighted by Gasteiger charge is 2.45. The number of nitrogens with two attached hydrogens (primary N) is 1. The van der Waals surface area contributed by atoms with E-state index in [2.05, 4.69) is 4.98 Å². The Labute approximate surface area is 222 Å². The molecule has 14 heteroatoms. The van der Waals surface area contributed by atoms with Gasteiger partial charge in [0.25, 0.3) is 0 Å². The van der Waals surface area contributed by atoms with Crippen LogP contribution in [0.1, 0.15) is 22.3 Å². The van der Waals surface area contributed by atoms with Gasteiger partial charge in [0.15, 0.2) is 0 Å². The van der Waals surface area contributed by atoms with Crippen LogP contribution in [0.2, 0.25) is 0 Å². The van der Waals surface area contributed by atoms with Crippen LogP contribution >= 0.6 is 0 Å². The Balaban J connectivity index is 2.05. The van der Waals surface area contributed by atoms with Crippen molar-refractivity contribution < 1.29 is 49.8 Å².